The van der Waals surface area contributed by atoms with Gasteiger partial charge in [0.2, 0.25) is 11.8 Å². The molecule has 9 heteroatoms. The predicted molar refractivity (Wildman–Crippen MR) is 101 cm³/mol. The fourth-order valence-corrected chi connectivity index (χ4v) is 3.14. The summed E-state index contributed by atoms with van der Waals surface area (Å²) in [5, 5.41) is 0. The Morgan fingerprint density at radius 3 is 2.66 bits per heavy atom. The van der Waals surface area contributed by atoms with Gasteiger partial charge in [0.15, 0.2) is 0 Å². The molecule has 1 aliphatic heterocycles. The van der Waals surface area contributed by atoms with Gasteiger partial charge in [0.25, 0.3) is 5.91 Å². The molecule has 1 aromatic heterocycles. The minimum atomic E-state index is -1.10. The van der Waals surface area contributed by atoms with E-state index in [1.54, 1.807) is 17.0 Å². The van der Waals surface area contributed by atoms with E-state index in [2.05, 4.69) is 4.98 Å². The number of primary amides is 1. The third-order valence-electron chi connectivity index (χ3n) is 4.54. The van der Waals surface area contributed by atoms with Gasteiger partial charge >= 0.3 is 0 Å². The van der Waals surface area contributed by atoms with Crippen LogP contribution in [0.1, 0.15) is 16.8 Å². The van der Waals surface area contributed by atoms with Crippen molar-refractivity contribution >= 4 is 11.8 Å². The van der Waals surface area contributed by atoms with E-state index in [9.17, 15) is 14.0 Å². The fourth-order valence-electron chi connectivity index (χ4n) is 3.14. The molecule has 1 atom stereocenters. The number of ether oxygens (including phenoxy) is 3. The zero-order valence-electron chi connectivity index (χ0n) is 16.0. The van der Waals surface area contributed by atoms with Crippen molar-refractivity contribution in [1.82, 2.24) is 9.88 Å². The van der Waals surface area contributed by atoms with E-state index in [0.29, 0.717) is 23.7 Å². The molecule has 3 rings (SSSR count). The molecule has 2 N–H and O–H groups in total. The van der Waals surface area contributed by atoms with Gasteiger partial charge in [-0.3, -0.25) is 9.59 Å². The Morgan fingerprint density at radius 2 is 2.03 bits per heavy atom. The molecule has 2 aromatic rings. The summed E-state index contributed by atoms with van der Waals surface area (Å²) >= 11 is 0. The Labute approximate surface area is 167 Å². The van der Waals surface area contributed by atoms with Gasteiger partial charge in [0.05, 0.1) is 32.2 Å². The van der Waals surface area contributed by atoms with E-state index >= 15 is 0 Å². The highest BCUT2D eigenvalue weighted by Crippen LogP contribution is 2.25. The molecule has 1 fully saturated rings. The molecule has 1 aromatic carbocycles. The molecule has 0 radical (unpaired) electrons. The largest absolute Gasteiger partial charge is 0.490 e. The quantitative estimate of drug-likeness (QED) is 0.749. The average molecular weight is 403 g/mol. The normalized spacial score (nSPS) is 18.9. The first kappa shape index (κ1) is 20.5. The first-order chi connectivity index (χ1) is 13.9. The van der Waals surface area contributed by atoms with Gasteiger partial charge in [-0.15, -0.1) is 0 Å². The summed E-state index contributed by atoms with van der Waals surface area (Å²) in [4.78, 5) is 30.2. The third-order valence-corrected chi connectivity index (χ3v) is 4.54. The number of carbonyl (C=O) groups excluding carboxylic acids is 2. The number of hydrogen-bond acceptors (Lipinski definition) is 6. The van der Waals surface area contributed by atoms with Crippen molar-refractivity contribution in [3.05, 3.63) is 54.0 Å². The second-order valence-electron chi connectivity index (χ2n) is 6.73. The minimum Gasteiger partial charge on any atom is -0.490 e. The summed E-state index contributed by atoms with van der Waals surface area (Å²) in [6.45, 7) is 0.658. The lowest BCUT2D eigenvalue weighted by Crippen LogP contribution is -2.58. The second-order valence-corrected chi connectivity index (χ2v) is 6.73. The number of amides is 2. The zero-order chi connectivity index (χ0) is 20.9. The highest BCUT2D eigenvalue weighted by atomic mass is 19.1. The maximum absolute atomic E-state index is 13.1. The Morgan fingerprint density at radius 1 is 1.28 bits per heavy atom. The molecule has 1 saturated heterocycles. The molecule has 0 aliphatic carbocycles. The van der Waals surface area contributed by atoms with Crippen LogP contribution in [0.25, 0.3) is 0 Å². The lowest BCUT2D eigenvalue weighted by molar-refractivity contribution is -0.142. The highest BCUT2D eigenvalue weighted by Gasteiger charge is 2.41. The van der Waals surface area contributed by atoms with Crippen molar-refractivity contribution in [3.8, 4) is 11.6 Å². The first-order valence-electron chi connectivity index (χ1n) is 9.01. The summed E-state index contributed by atoms with van der Waals surface area (Å²) in [6.07, 6.45) is 1.31. The van der Waals surface area contributed by atoms with E-state index in [4.69, 9.17) is 19.9 Å². The molecular formula is C20H22FN3O5. The van der Waals surface area contributed by atoms with E-state index in [1.165, 1.54) is 37.6 Å². The predicted octanol–water partition coefficient (Wildman–Crippen LogP) is 1.39. The summed E-state index contributed by atoms with van der Waals surface area (Å²) in [6, 6.07) is 8.70. The maximum Gasteiger partial charge on any atom is 0.255 e. The number of carbonyl (C=O) groups is 2. The van der Waals surface area contributed by atoms with Gasteiger partial charge in [0.1, 0.15) is 23.8 Å². The van der Waals surface area contributed by atoms with Crippen LogP contribution in [0.5, 0.6) is 11.6 Å². The third kappa shape index (κ3) is 5.20. The van der Waals surface area contributed by atoms with Crippen LogP contribution in [0.15, 0.2) is 42.6 Å². The van der Waals surface area contributed by atoms with Gasteiger partial charge in [-0.25, -0.2) is 9.37 Å². The molecule has 2 amide bonds. The molecule has 2 heterocycles. The summed E-state index contributed by atoms with van der Waals surface area (Å²) in [5.74, 6) is -0.392. The van der Waals surface area contributed by atoms with Gasteiger partial charge in [-0.1, -0.05) is 0 Å². The second kappa shape index (κ2) is 8.87. The molecule has 8 nitrogen and oxygen atoms in total. The number of hydrogen-bond donors (Lipinski definition) is 1. The van der Waals surface area contributed by atoms with E-state index in [1.807, 2.05) is 0 Å². The van der Waals surface area contributed by atoms with Gasteiger partial charge in [-0.2, -0.15) is 0 Å². The zero-order valence-corrected chi connectivity index (χ0v) is 16.0. The van der Waals surface area contributed by atoms with Crippen molar-refractivity contribution < 1.29 is 28.2 Å². The SMILES string of the molecule is COc1ccc(C(=O)N2CCO[C@](COc3ccc(F)cc3)(CC(N)=O)C2)cn1. The van der Waals surface area contributed by atoms with E-state index in [0.717, 1.165) is 0 Å². The van der Waals surface area contributed by atoms with Crippen molar-refractivity contribution in [2.75, 3.05) is 33.4 Å². The van der Waals surface area contributed by atoms with Crippen molar-refractivity contribution in [2.45, 2.75) is 12.0 Å². The Hall–Kier alpha value is -3.20. The lowest BCUT2D eigenvalue weighted by Gasteiger charge is -2.41. The number of benzene rings is 1. The van der Waals surface area contributed by atoms with Gasteiger partial charge in [-0.05, 0) is 30.3 Å². The first-order valence-corrected chi connectivity index (χ1v) is 9.01. The van der Waals surface area contributed by atoms with Crippen LogP contribution in [0.3, 0.4) is 0 Å². The molecule has 0 unspecified atom stereocenters. The highest BCUT2D eigenvalue weighted by molar-refractivity contribution is 5.94. The summed E-state index contributed by atoms with van der Waals surface area (Å²) in [5.41, 5.74) is 4.70. The number of morpholine rings is 1. The molecule has 29 heavy (non-hydrogen) atoms. The number of rotatable bonds is 7. The molecule has 0 spiro atoms. The van der Waals surface area contributed by atoms with Crippen LogP contribution in [0.4, 0.5) is 4.39 Å². The average Bonchev–Trinajstić information content (AvgIpc) is 2.72. The van der Waals surface area contributed by atoms with Crippen LogP contribution < -0.4 is 15.2 Å². The van der Waals surface area contributed by atoms with Crippen LogP contribution in [0, 0.1) is 5.82 Å². The lowest BCUT2D eigenvalue weighted by atomic mass is 9.97. The smallest absolute Gasteiger partial charge is 0.255 e. The Balaban J connectivity index is 1.74. The van der Waals surface area contributed by atoms with E-state index < -0.39 is 11.5 Å². The monoisotopic (exact) mass is 403 g/mol. The Bertz CT molecular complexity index is 859. The van der Waals surface area contributed by atoms with Crippen molar-refractivity contribution in [2.24, 2.45) is 5.73 Å². The number of aromatic nitrogens is 1. The van der Waals surface area contributed by atoms with Crippen LogP contribution in [0.2, 0.25) is 0 Å². The standard InChI is InChI=1S/C20H22FN3O5/c1-27-18-7-2-14(11-23-18)19(26)24-8-9-29-20(12-24,10-17(22)25)13-28-16-5-3-15(21)4-6-16/h2-7,11H,8-10,12-13H2,1H3,(H2,22,25)/t20-/m1/s1. The van der Waals surface area contributed by atoms with Gasteiger partial charge < -0.3 is 24.8 Å². The van der Waals surface area contributed by atoms with Crippen LogP contribution >= 0.6 is 0 Å². The number of nitrogens with zero attached hydrogens (tertiary/aromatic N) is 2. The number of methoxy groups -OCH3 is 1. The number of pyridine rings is 1. The van der Waals surface area contributed by atoms with Gasteiger partial charge in [0, 0.05) is 18.8 Å². The summed E-state index contributed by atoms with van der Waals surface area (Å²) in [7, 11) is 1.49. The minimum absolute atomic E-state index is 0.0216. The topological polar surface area (TPSA) is 104 Å². The molecule has 1 aliphatic rings. The summed E-state index contributed by atoms with van der Waals surface area (Å²) < 4.78 is 29.6. The van der Waals surface area contributed by atoms with Crippen molar-refractivity contribution in [1.29, 1.82) is 0 Å². The van der Waals surface area contributed by atoms with Crippen LogP contribution in [-0.2, 0) is 9.53 Å². The van der Waals surface area contributed by atoms with E-state index in [-0.39, 0.29) is 37.9 Å². The molecule has 0 bridgehead atoms. The Kier molecular flexibility index (Phi) is 6.28. The fraction of sp³-hybridized carbons (Fsp3) is 0.350. The van der Waals surface area contributed by atoms with Crippen molar-refractivity contribution in [3.63, 3.8) is 0 Å². The molecule has 154 valence electrons. The maximum atomic E-state index is 13.1. The molecule has 0 saturated carbocycles. The number of nitrogens with two attached hydrogens (primary N) is 1. The number of halogens is 1. The molecular weight excluding hydrogens is 381 g/mol. The van der Waals surface area contributed by atoms with Crippen LogP contribution in [-0.4, -0.2) is 60.7 Å².